The van der Waals surface area contributed by atoms with Gasteiger partial charge in [0.25, 0.3) is 5.88 Å². The first-order valence-electron chi connectivity index (χ1n) is 7.65. The average Bonchev–Trinajstić information content (AvgIpc) is 2.86. The molecule has 30 heavy (non-hydrogen) atoms. The maximum atomic E-state index is 14.3. The first-order chi connectivity index (χ1) is 13.5. The third-order valence-corrected chi connectivity index (χ3v) is 5.08. The fraction of sp³-hybridized carbons (Fsp3) is 0.400. The number of ether oxygens (including phenoxy) is 1. The van der Waals surface area contributed by atoms with Crippen LogP contribution in [0.4, 0.5) is 45.3 Å². The summed E-state index contributed by atoms with van der Waals surface area (Å²) in [6.45, 7) is -0.825. The molecule has 2 rings (SSSR count). The van der Waals surface area contributed by atoms with Crippen LogP contribution in [0.3, 0.4) is 0 Å². The minimum atomic E-state index is -5.90. The minimum absolute atomic E-state index is 0.000760. The highest BCUT2D eigenvalue weighted by molar-refractivity contribution is 7.99. The fourth-order valence-electron chi connectivity index (χ4n) is 2.03. The van der Waals surface area contributed by atoms with Crippen LogP contribution in [0.25, 0.3) is 5.69 Å². The number of nitrogens with two attached hydrogens (primary N) is 1. The molecule has 0 spiro atoms. The van der Waals surface area contributed by atoms with Gasteiger partial charge in [0.05, 0.1) is 5.75 Å². The second-order valence-corrected chi connectivity index (χ2v) is 7.28. The van der Waals surface area contributed by atoms with Crippen molar-refractivity contribution in [2.45, 2.75) is 30.1 Å². The zero-order valence-electron chi connectivity index (χ0n) is 14.6. The van der Waals surface area contributed by atoms with Gasteiger partial charge in [-0.25, -0.2) is 9.07 Å². The van der Waals surface area contributed by atoms with Crippen molar-refractivity contribution in [1.29, 1.82) is 0 Å². The molecule has 0 aliphatic rings. The molecule has 0 saturated heterocycles. The highest BCUT2D eigenvalue weighted by Crippen LogP contribution is 2.39. The van der Waals surface area contributed by atoms with Gasteiger partial charge in [0, 0.05) is 4.90 Å². The summed E-state index contributed by atoms with van der Waals surface area (Å²) in [7, 11) is 0. The Morgan fingerprint density at radius 2 is 1.73 bits per heavy atom. The Hall–Kier alpha value is -1.96. The average molecular weight is 488 g/mol. The van der Waals surface area contributed by atoms with E-state index in [9.17, 15) is 39.5 Å². The Labute approximate surface area is 172 Å². The predicted octanol–water partition coefficient (Wildman–Crippen LogP) is 5.79. The number of nitrogens with zero attached hydrogens (tertiary/aromatic N) is 2. The van der Waals surface area contributed by atoms with E-state index in [-0.39, 0.29) is 10.5 Å². The first kappa shape index (κ1) is 24.3. The van der Waals surface area contributed by atoms with Gasteiger partial charge >= 0.3 is 18.3 Å². The van der Waals surface area contributed by atoms with E-state index in [2.05, 4.69) is 9.84 Å². The molecule has 2 aromatic rings. The van der Waals surface area contributed by atoms with E-state index in [0.29, 0.717) is 16.4 Å². The lowest BCUT2D eigenvalue weighted by atomic mass is 10.2. The van der Waals surface area contributed by atoms with Gasteiger partial charge in [-0.1, -0.05) is 11.6 Å². The molecule has 0 unspecified atom stereocenters. The summed E-state index contributed by atoms with van der Waals surface area (Å²) >= 11 is 6.06. The number of hydrogen-bond donors (Lipinski definition) is 1. The van der Waals surface area contributed by atoms with Crippen molar-refractivity contribution in [3.8, 4) is 11.6 Å². The van der Waals surface area contributed by atoms with Crippen molar-refractivity contribution >= 4 is 29.2 Å². The maximum Gasteiger partial charge on any atom is 0.456 e. The fourth-order valence-corrected chi connectivity index (χ4v) is 3.00. The summed E-state index contributed by atoms with van der Waals surface area (Å²) < 4.78 is 119. The summed E-state index contributed by atoms with van der Waals surface area (Å²) in [6, 6.07) is 1.83. The Bertz CT molecular complexity index is 928. The van der Waals surface area contributed by atoms with E-state index < -0.39 is 58.9 Å². The second-order valence-electron chi connectivity index (χ2n) is 5.88. The molecule has 0 saturated carbocycles. The third kappa shape index (κ3) is 5.39. The molecule has 0 fully saturated rings. The van der Waals surface area contributed by atoms with Crippen molar-refractivity contribution in [3.63, 3.8) is 0 Å². The molecule has 0 amide bonds. The zero-order chi connectivity index (χ0) is 23.1. The van der Waals surface area contributed by atoms with Gasteiger partial charge in [0.1, 0.15) is 22.3 Å². The Balaban J connectivity index is 2.37. The molecule has 0 aliphatic heterocycles. The SMILES string of the molecule is Cc1cc(F)c(-n2nc(OCC(F)(F)C(F)(F)F)c(Cl)c2N)cc1SCC(F)(F)F. The van der Waals surface area contributed by atoms with Crippen LogP contribution < -0.4 is 10.5 Å². The van der Waals surface area contributed by atoms with Gasteiger partial charge in [-0.3, -0.25) is 0 Å². The largest absolute Gasteiger partial charge is 0.469 e. The van der Waals surface area contributed by atoms with Gasteiger partial charge in [-0.05, 0) is 24.6 Å². The van der Waals surface area contributed by atoms with Crippen molar-refractivity contribution in [1.82, 2.24) is 9.78 Å². The van der Waals surface area contributed by atoms with E-state index in [1.54, 1.807) is 0 Å². The third-order valence-electron chi connectivity index (χ3n) is 3.50. The number of aromatic nitrogens is 2. The van der Waals surface area contributed by atoms with Crippen LogP contribution in [0.2, 0.25) is 5.02 Å². The molecule has 2 N–H and O–H groups in total. The van der Waals surface area contributed by atoms with Gasteiger partial charge in [-0.2, -0.15) is 35.1 Å². The van der Waals surface area contributed by atoms with E-state index in [1.165, 1.54) is 6.92 Å². The molecule has 0 radical (unpaired) electrons. The molecule has 168 valence electrons. The maximum absolute atomic E-state index is 14.3. The van der Waals surface area contributed by atoms with Gasteiger partial charge in [0.15, 0.2) is 6.61 Å². The normalized spacial score (nSPS) is 13.0. The Morgan fingerprint density at radius 1 is 1.13 bits per heavy atom. The van der Waals surface area contributed by atoms with Crippen LogP contribution in [0.5, 0.6) is 5.88 Å². The number of halogens is 10. The monoisotopic (exact) mass is 487 g/mol. The predicted molar refractivity (Wildman–Crippen MR) is 91.0 cm³/mol. The van der Waals surface area contributed by atoms with Gasteiger partial charge in [-0.15, -0.1) is 16.9 Å². The van der Waals surface area contributed by atoms with Crippen LogP contribution in [-0.4, -0.2) is 40.4 Å². The number of alkyl halides is 8. The van der Waals surface area contributed by atoms with E-state index >= 15 is 0 Å². The highest BCUT2D eigenvalue weighted by Gasteiger charge is 2.58. The van der Waals surface area contributed by atoms with E-state index in [4.69, 9.17) is 17.3 Å². The lowest BCUT2D eigenvalue weighted by Gasteiger charge is -2.18. The summed E-state index contributed by atoms with van der Waals surface area (Å²) in [6.07, 6.45) is -10.4. The number of anilines is 1. The minimum Gasteiger partial charge on any atom is -0.469 e. The number of aryl methyl sites for hydroxylation is 1. The Kier molecular flexibility index (Phi) is 6.71. The zero-order valence-corrected chi connectivity index (χ0v) is 16.2. The van der Waals surface area contributed by atoms with Crippen LogP contribution in [0.1, 0.15) is 5.56 Å². The number of thioether (sulfide) groups is 1. The second kappa shape index (κ2) is 8.29. The van der Waals surface area contributed by atoms with E-state index in [1.807, 2.05) is 0 Å². The molecule has 0 atom stereocenters. The molecule has 0 aliphatic carbocycles. The van der Waals surface area contributed by atoms with Crippen molar-refractivity contribution in [2.24, 2.45) is 0 Å². The van der Waals surface area contributed by atoms with E-state index in [0.717, 1.165) is 12.1 Å². The van der Waals surface area contributed by atoms with Crippen LogP contribution in [0, 0.1) is 12.7 Å². The number of benzene rings is 1. The summed E-state index contributed by atoms with van der Waals surface area (Å²) in [5.74, 6) is -9.05. The molecular weight excluding hydrogens is 477 g/mol. The quantitative estimate of drug-likeness (QED) is 0.414. The summed E-state index contributed by atoms with van der Waals surface area (Å²) in [4.78, 5) is 0.000760. The molecule has 15 heteroatoms. The topological polar surface area (TPSA) is 53.1 Å². The van der Waals surface area contributed by atoms with Crippen LogP contribution >= 0.6 is 23.4 Å². The molecule has 1 heterocycles. The van der Waals surface area contributed by atoms with Crippen LogP contribution in [0.15, 0.2) is 17.0 Å². The van der Waals surface area contributed by atoms with Gasteiger partial charge in [0.2, 0.25) is 0 Å². The number of rotatable bonds is 6. The lowest BCUT2D eigenvalue weighted by molar-refractivity contribution is -0.290. The number of nitrogen functional groups attached to an aromatic ring is 1. The first-order valence-corrected chi connectivity index (χ1v) is 9.01. The van der Waals surface area contributed by atoms with Crippen LogP contribution in [-0.2, 0) is 0 Å². The lowest BCUT2D eigenvalue weighted by Crippen LogP contribution is -2.41. The van der Waals surface area contributed by atoms with Crippen molar-refractivity contribution in [3.05, 3.63) is 28.5 Å². The van der Waals surface area contributed by atoms with Gasteiger partial charge < -0.3 is 10.5 Å². The summed E-state index contributed by atoms with van der Waals surface area (Å²) in [5.41, 5.74) is 5.23. The molecule has 0 bridgehead atoms. The number of hydrogen-bond acceptors (Lipinski definition) is 4. The molecule has 1 aromatic heterocycles. The molecule has 1 aromatic carbocycles. The highest BCUT2D eigenvalue weighted by atomic mass is 35.5. The molecule has 4 nitrogen and oxygen atoms in total. The van der Waals surface area contributed by atoms with Crippen molar-refractivity contribution in [2.75, 3.05) is 18.1 Å². The molecular formula is C15H11ClF9N3OS. The smallest absolute Gasteiger partial charge is 0.456 e. The standard InChI is InChI=1S/C15H11ClF9N3OS/c1-6-2-7(17)8(3-9(6)30-5-14(20,21)22)28-11(26)10(16)12(27-28)29-4-13(18,19)15(23,24)25/h2-3H,4-5,26H2,1H3. The van der Waals surface area contributed by atoms with Crippen molar-refractivity contribution < 1.29 is 44.3 Å². The Morgan fingerprint density at radius 3 is 2.27 bits per heavy atom. The summed E-state index contributed by atoms with van der Waals surface area (Å²) in [5, 5.41) is 2.79.